The zero-order chi connectivity index (χ0) is 12.3. The van der Waals surface area contributed by atoms with Gasteiger partial charge in [0.25, 0.3) is 0 Å². The fraction of sp³-hybridized carbons (Fsp3) is 0.636. The number of hydrogen-bond acceptors (Lipinski definition) is 5. The minimum absolute atomic E-state index is 0.126. The lowest BCUT2D eigenvalue weighted by Gasteiger charge is -2.28. The molecule has 1 fully saturated rings. The number of likely N-dealkylation sites (tertiary alicyclic amines) is 1. The lowest BCUT2D eigenvalue weighted by Crippen LogP contribution is -2.32. The van der Waals surface area contributed by atoms with Crippen LogP contribution in [0.3, 0.4) is 0 Å². The molecular weight excluding hydrogens is 238 g/mol. The monoisotopic (exact) mass is 255 g/mol. The van der Waals surface area contributed by atoms with Gasteiger partial charge in [0.1, 0.15) is 0 Å². The molecule has 1 aliphatic heterocycles. The Labute approximate surface area is 104 Å². The Hall–Kier alpha value is -1.14. The van der Waals surface area contributed by atoms with Crippen molar-refractivity contribution in [3.05, 3.63) is 11.1 Å². The van der Waals surface area contributed by atoms with Gasteiger partial charge in [0.15, 0.2) is 10.8 Å². The summed E-state index contributed by atoms with van der Waals surface area (Å²) in [6, 6.07) is 0. The van der Waals surface area contributed by atoms with Gasteiger partial charge in [-0.1, -0.05) is 0 Å². The van der Waals surface area contributed by atoms with E-state index in [0.29, 0.717) is 11.0 Å². The molecule has 1 aliphatic rings. The molecule has 17 heavy (non-hydrogen) atoms. The summed E-state index contributed by atoms with van der Waals surface area (Å²) < 4.78 is 0. The summed E-state index contributed by atoms with van der Waals surface area (Å²) in [5.74, 6) is -0.294. The van der Waals surface area contributed by atoms with Crippen molar-refractivity contribution < 1.29 is 9.90 Å². The van der Waals surface area contributed by atoms with Crippen LogP contribution in [0, 0.1) is 5.92 Å². The number of carboxylic acids is 1. The number of anilines is 1. The first-order chi connectivity index (χ1) is 8.15. The molecule has 0 radical (unpaired) electrons. The first-order valence-corrected chi connectivity index (χ1v) is 6.64. The molecule has 1 aromatic rings. The molecule has 1 aromatic heterocycles. The van der Waals surface area contributed by atoms with Crippen LogP contribution >= 0.6 is 11.3 Å². The van der Waals surface area contributed by atoms with Crippen LogP contribution in [-0.4, -0.2) is 47.6 Å². The van der Waals surface area contributed by atoms with Gasteiger partial charge in [-0.2, -0.15) is 0 Å². The maximum atomic E-state index is 10.7. The van der Waals surface area contributed by atoms with E-state index >= 15 is 0 Å². The second-order valence-corrected chi connectivity index (χ2v) is 5.33. The normalized spacial score (nSPS) is 18.2. The summed E-state index contributed by atoms with van der Waals surface area (Å²) in [6.45, 7) is 3.18. The van der Waals surface area contributed by atoms with Crippen molar-refractivity contribution in [1.82, 2.24) is 9.88 Å². The standard InChI is InChI=1S/C11H17N3O2S/c1-14-4-2-8(3-5-14)6-12-11-13-9(7-17-11)10(15)16/h7-8H,2-6H2,1H3,(H,12,13)(H,15,16). The second-order valence-electron chi connectivity index (χ2n) is 4.47. The number of carboxylic acid groups (broad SMARTS) is 1. The van der Waals surface area contributed by atoms with Crippen LogP contribution in [0.25, 0.3) is 0 Å². The number of carbonyl (C=O) groups is 1. The van der Waals surface area contributed by atoms with Crippen LogP contribution in [-0.2, 0) is 0 Å². The Morgan fingerprint density at radius 1 is 1.65 bits per heavy atom. The van der Waals surface area contributed by atoms with Crippen molar-refractivity contribution in [3.8, 4) is 0 Å². The zero-order valence-electron chi connectivity index (χ0n) is 9.85. The van der Waals surface area contributed by atoms with E-state index in [1.165, 1.54) is 24.2 Å². The average molecular weight is 255 g/mol. The molecular formula is C11H17N3O2S. The number of rotatable bonds is 4. The van der Waals surface area contributed by atoms with Crippen LogP contribution < -0.4 is 5.32 Å². The van der Waals surface area contributed by atoms with Gasteiger partial charge in [-0.05, 0) is 38.9 Å². The van der Waals surface area contributed by atoms with Gasteiger partial charge in [-0.25, -0.2) is 9.78 Å². The molecule has 0 saturated carbocycles. The summed E-state index contributed by atoms with van der Waals surface area (Å²) in [5, 5.41) is 14.3. The van der Waals surface area contributed by atoms with E-state index in [0.717, 1.165) is 19.6 Å². The molecule has 2 heterocycles. The summed E-state index contributed by atoms with van der Waals surface area (Å²) in [4.78, 5) is 17.0. The molecule has 0 aromatic carbocycles. The maximum Gasteiger partial charge on any atom is 0.355 e. The molecule has 2 rings (SSSR count). The van der Waals surface area contributed by atoms with Gasteiger partial charge in [-0.3, -0.25) is 0 Å². The van der Waals surface area contributed by atoms with Gasteiger partial charge >= 0.3 is 5.97 Å². The minimum Gasteiger partial charge on any atom is -0.476 e. The van der Waals surface area contributed by atoms with Crippen LogP contribution in [0.4, 0.5) is 5.13 Å². The predicted molar refractivity (Wildman–Crippen MR) is 67.8 cm³/mol. The number of piperidine rings is 1. The SMILES string of the molecule is CN1CCC(CNc2nc(C(=O)O)cs2)CC1. The van der Waals surface area contributed by atoms with Crippen molar-refractivity contribution in [3.63, 3.8) is 0 Å². The van der Waals surface area contributed by atoms with Crippen molar-refractivity contribution in [2.24, 2.45) is 5.92 Å². The highest BCUT2D eigenvalue weighted by Crippen LogP contribution is 2.19. The summed E-state index contributed by atoms with van der Waals surface area (Å²) in [5.41, 5.74) is 0.126. The third-order valence-electron chi connectivity index (χ3n) is 3.10. The van der Waals surface area contributed by atoms with E-state index in [1.807, 2.05) is 0 Å². The van der Waals surface area contributed by atoms with Gasteiger partial charge in [-0.15, -0.1) is 11.3 Å². The van der Waals surface area contributed by atoms with E-state index < -0.39 is 5.97 Å². The first kappa shape index (κ1) is 12.3. The van der Waals surface area contributed by atoms with Crippen molar-refractivity contribution >= 4 is 22.4 Å². The van der Waals surface area contributed by atoms with Crippen LogP contribution in [0.2, 0.25) is 0 Å². The number of hydrogen-bond donors (Lipinski definition) is 2. The molecule has 2 N–H and O–H groups in total. The number of aromatic nitrogens is 1. The maximum absolute atomic E-state index is 10.7. The largest absolute Gasteiger partial charge is 0.476 e. The van der Waals surface area contributed by atoms with Crippen molar-refractivity contribution in [1.29, 1.82) is 0 Å². The molecule has 1 saturated heterocycles. The van der Waals surface area contributed by atoms with Gasteiger partial charge in [0, 0.05) is 11.9 Å². The third kappa shape index (κ3) is 3.41. The minimum atomic E-state index is -0.964. The van der Waals surface area contributed by atoms with Crippen LogP contribution in [0.1, 0.15) is 23.3 Å². The fourth-order valence-corrected chi connectivity index (χ4v) is 2.65. The first-order valence-electron chi connectivity index (χ1n) is 5.76. The Balaban J connectivity index is 1.79. The summed E-state index contributed by atoms with van der Waals surface area (Å²) in [7, 11) is 2.14. The highest BCUT2D eigenvalue weighted by Gasteiger charge is 2.17. The lowest BCUT2D eigenvalue weighted by molar-refractivity contribution is 0.0691. The zero-order valence-corrected chi connectivity index (χ0v) is 10.7. The smallest absolute Gasteiger partial charge is 0.355 e. The van der Waals surface area contributed by atoms with E-state index in [1.54, 1.807) is 5.38 Å². The lowest BCUT2D eigenvalue weighted by atomic mass is 9.97. The van der Waals surface area contributed by atoms with E-state index in [-0.39, 0.29) is 5.69 Å². The predicted octanol–water partition coefficient (Wildman–Crippen LogP) is 1.59. The van der Waals surface area contributed by atoms with E-state index in [2.05, 4.69) is 22.2 Å². The molecule has 0 unspecified atom stereocenters. The van der Waals surface area contributed by atoms with Gasteiger partial charge in [0.2, 0.25) is 0 Å². The Morgan fingerprint density at radius 2 is 2.35 bits per heavy atom. The van der Waals surface area contributed by atoms with Crippen molar-refractivity contribution in [2.75, 3.05) is 32.0 Å². The summed E-state index contributed by atoms with van der Waals surface area (Å²) in [6.07, 6.45) is 2.39. The average Bonchev–Trinajstić information content (AvgIpc) is 2.77. The van der Waals surface area contributed by atoms with Crippen LogP contribution in [0.15, 0.2) is 5.38 Å². The van der Waals surface area contributed by atoms with Gasteiger partial charge < -0.3 is 15.3 Å². The number of aromatic carboxylic acids is 1. The highest BCUT2D eigenvalue weighted by molar-refractivity contribution is 7.13. The molecule has 0 aliphatic carbocycles. The Kier molecular flexibility index (Phi) is 3.96. The quantitative estimate of drug-likeness (QED) is 0.855. The highest BCUT2D eigenvalue weighted by atomic mass is 32.1. The Morgan fingerprint density at radius 3 is 2.94 bits per heavy atom. The number of thiazole rings is 1. The molecule has 0 bridgehead atoms. The Bertz CT molecular complexity index is 386. The third-order valence-corrected chi connectivity index (χ3v) is 3.90. The second kappa shape index (κ2) is 5.46. The molecule has 0 atom stereocenters. The fourth-order valence-electron chi connectivity index (χ4n) is 1.95. The summed E-state index contributed by atoms with van der Waals surface area (Å²) >= 11 is 1.35. The van der Waals surface area contributed by atoms with E-state index in [9.17, 15) is 4.79 Å². The topological polar surface area (TPSA) is 65.5 Å². The molecule has 6 heteroatoms. The molecule has 5 nitrogen and oxygen atoms in total. The van der Waals surface area contributed by atoms with Crippen LogP contribution in [0.5, 0.6) is 0 Å². The molecule has 0 amide bonds. The number of nitrogens with one attached hydrogen (secondary N) is 1. The van der Waals surface area contributed by atoms with E-state index in [4.69, 9.17) is 5.11 Å². The van der Waals surface area contributed by atoms with Gasteiger partial charge in [0.05, 0.1) is 0 Å². The molecule has 94 valence electrons. The van der Waals surface area contributed by atoms with Crippen molar-refractivity contribution in [2.45, 2.75) is 12.8 Å². The number of nitrogens with zero attached hydrogens (tertiary/aromatic N) is 2. The molecule has 0 spiro atoms.